The Bertz CT molecular complexity index is 804. The standard InChI is InChI=1S/C19H23N5/c1-2-16-13-19(17-5-3-4-6-18(17)21-16)23-10-7-15(8-11-23)14-24-12-9-20-22-24/h3-6,9,12-13,15H,2,7-8,10-11,14H2,1H3. The number of benzene rings is 1. The number of aromatic nitrogens is 4. The fraction of sp³-hybridized carbons (Fsp3) is 0.421. The molecule has 24 heavy (non-hydrogen) atoms. The van der Waals surface area contributed by atoms with Crippen molar-refractivity contribution in [1.29, 1.82) is 0 Å². The number of nitrogens with zero attached hydrogens (tertiary/aromatic N) is 5. The van der Waals surface area contributed by atoms with Crippen LogP contribution >= 0.6 is 0 Å². The molecule has 0 unspecified atom stereocenters. The summed E-state index contributed by atoms with van der Waals surface area (Å²) >= 11 is 0. The van der Waals surface area contributed by atoms with Crippen LogP contribution in [0.25, 0.3) is 10.9 Å². The number of fused-ring (bicyclic) bond motifs is 1. The van der Waals surface area contributed by atoms with Crippen LogP contribution in [0, 0.1) is 5.92 Å². The van der Waals surface area contributed by atoms with Crippen molar-refractivity contribution < 1.29 is 0 Å². The molecule has 3 aromatic rings. The maximum atomic E-state index is 4.77. The van der Waals surface area contributed by atoms with Crippen LogP contribution in [-0.2, 0) is 13.0 Å². The van der Waals surface area contributed by atoms with Gasteiger partial charge in [0.1, 0.15) is 0 Å². The highest BCUT2D eigenvalue weighted by Crippen LogP contribution is 2.30. The Hall–Kier alpha value is -2.43. The molecule has 0 radical (unpaired) electrons. The lowest BCUT2D eigenvalue weighted by Gasteiger charge is -2.34. The molecule has 0 amide bonds. The molecule has 2 aromatic heterocycles. The molecule has 1 saturated heterocycles. The van der Waals surface area contributed by atoms with Crippen molar-refractivity contribution in [2.24, 2.45) is 5.92 Å². The van der Waals surface area contributed by atoms with Crippen LogP contribution in [0.5, 0.6) is 0 Å². The molecule has 0 bridgehead atoms. The molecule has 1 aromatic carbocycles. The number of anilines is 1. The molecule has 124 valence electrons. The van der Waals surface area contributed by atoms with Gasteiger partial charge in [0.25, 0.3) is 0 Å². The molecule has 0 spiro atoms. The molecule has 1 aliphatic rings. The van der Waals surface area contributed by atoms with E-state index >= 15 is 0 Å². The van der Waals surface area contributed by atoms with Crippen LogP contribution in [0.3, 0.4) is 0 Å². The third kappa shape index (κ3) is 2.98. The number of para-hydroxylation sites is 1. The maximum absolute atomic E-state index is 4.77. The minimum Gasteiger partial charge on any atom is -0.371 e. The Morgan fingerprint density at radius 3 is 2.75 bits per heavy atom. The zero-order valence-corrected chi connectivity index (χ0v) is 14.1. The second-order valence-electron chi connectivity index (χ2n) is 6.56. The van der Waals surface area contributed by atoms with Crippen molar-refractivity contribution in [3.05, 3.63) is 48.4 Å². The first-order valence-electron chi connectivity index (χ1n) is 8.81. The van der Waals surface area contributed by atoms with Crippen molar-refractivity contribution in [3.63, 3.8) is 0 Å². The first kappa shape index (κ1) is 15.1. The van der Waals surface area contributed by atoms with Gasteiger partial charge in [0.15, 0.2) is 0 Å². The van der Waals surface area contributed by atoms with Gasteiger partial charge in [-0.25, -0.2) is 0 Å². The zero-order chi connectivity index (χ0) is 16.4. The number of hydrogen-bond acceptors (Lipinski definition) is 4. The topological polar surface area (TPSA) is 46.8 Å². The number of aryl methyl sites for hydroxylation is 1. The second kappa shape index (κ2) is 6.59. The van der Waals surface area contributed by atoms with Gasteiger partial charge < -0.3 is 4.90 Å². The van der Waals surface area contributed by atoms with E-state index in [1.165, 1.54) is 29.6 Å². The number of hydrogen-bond donors (Lipinski definition) is 0. The molecule has 3 heterocycles. The van der Waals surface area contributed by atoms with Gasteiger partial charge in [0.2, 0.25) is 0 Å². The van der Waals surface area contributed by atoms with Crippen LogP contribution < -0.4 is 4.90 Å². The van der Waals surface area contributed by atoms with E-state index in [0.29, 0.717) is 5.92 Å². The van der Waals surface area contributed by atoms with Gasteiger partial charge in [-0.1, -0.05) is 30.3 Å². The largest absolute Gasteiger partial charge is 0.371 e. The number of rotatable bonds is 4. The van der Waals surface area contributed by atoms with Crippen LogP contribution in [0.2, 0.25) is 0 Å². The van der Waals surface area contributed by atoms with E-state index in [1.807, 2.05) is 10.9 Å². The Labute approximate surface area is 142 Å². The minimum atomic E-state index is 0.682. The second-order valence-corrected chi connectivity index (χ2v) is 6.56. The van der Waals surface area contributed by atoms with Crippen molar-refractivity contribution in [2.75, 3.05) is 18.0 Å². The Morgan fingerprint density at radius 2 is 2.00 bits per heavy atom. The van der Waals surface area contributed by atoms with Gasteiger partial charge in [0, 0.05) is 42.6 Å². The molecule has 1 aliphatic heterocycles. The third-order valence-electron chi connectivity index (χ3n) is 4.98. The smallest absolute Gasteiger partial charge is 0.0726 e. The first-order valence-corrected chi connectivity index (χ1v) is 8.81. The highest BCUT2D eigenvalue weighted by molar-refractivity contribution is 5.92. The minimum absolute atomic E-state index is 0.682. The lowest BCUT2D eigenvalue weighted by molar-refractivity contribution is 0.339. The zero-order valence-electron chi connectivity index (χ0n) is 14.1. The summed E-state index contributed by atoms with van der Waals surface area (Å²) in [7, 11) is 0. The van der Waals surface area contributed by atoms with E-state index in [-0.39, 0.29) is 0 Å². The normalized spacial score (nSPS) is 16.0. The lowest BCUT2D eigenvalue weighted by Crippen LogP contribution is -2.35. The molecular formula is C19H23N5. The molecule has 4 rings (SSSR count). The first-order chi connectivity index (χ1) is 11.8. The van der Waals surface area contributed by atoms with E-state index in [4.69, 9.17) is 4.98 Å². The number of pyridine rings is 1. The monoisotopic (exact) mass is 321 g/mol. The summed E-state index contributed by atoms with van der Waals surface area (Å²) in [5.74, 6) is 0.682. The summed E-state index contributed by atoms with van der Waals surface area (Å²) < 4.78 is 1.96. The SMILES string of the molecule is CCc1cc(N2CCC(Cn3ccnn3)CC2)c2ccccc2n1. The molecule has 0 N–H and O–H groups in total. The van der Waals surface area contributed by atoms with Gasteiger partial charge in [0.05, 0.1) is 11.7 Å². The van der Waals surface area contributed by atoms with Crippen molar-refractivity contribution in [2.45, 2.75) is 32.7 Å². The molecule has 5 nitrogen and oxygen atoms in total. The Balaban J connectivity index is 1.54. The van der Waals surface area contributed by atoms with E-state index in [0.717, 1.165) is 31.6 Å². The van der Waals surface area contributed by atoms with E-state index < -0.39 is 0 Å². The molecule has 0 saturated carbocycles. The van der Waals surface area contributed by atoms with Crippen LogP contribution in [-0.4, -0.2) is 33.1 Å². The summed E-state index contributed by atoms with van der Waals surface area (Å²) in [5, 5.41) is 9.26. The predicted molar refractivity (Wildman–Crippen MR) is 96.1 cm³/mol. The predicted octanol–water partition coefficient (Wildman–Crippen LogP) is 3.31. The summed E-state index contributed by atoms with van der Waals surface area (Å²) in [5.41, 5.74) is 3.63. The fourth-order valence-electron chi connectivity index (χ4n) is 3.60. The van der Waals surface area contributed by atoms with Crippen molar-refractivity contribution in [1.82, 2.24) is 20.0 Å². The Kier molecular flexibility index (Phi) is 4.15. The van der Waals surface area contributed by atoms with Gasteiger partial charge in [-0.2, -0.15) is 0 Å². The fourth-order valence-corrected chi connectivity index (χ4v) is 3.60. The van der Waals surface area contributed by atoms with Crippen molar-refractivity contribution in [3.8, 4) is 0 Å². The van der Waals surface area contributed by atoms with Crippen LogP contribution in [0.15, 0.2) is 42.7 Å². The van der Waals surface area contributed by atoms with Gasteiger partial charge in [-0.05, 0) is 37.3 Å². The molecule has 0 aliphatic carbocycles. The average molecular weight is 321 g/mol. The van der Waals surface area contributed by atoms with Gasteiger partial charge >= 0.3 is 0 Å². The third-order valence-corrected chi connectivity index (χ3v) is 4.98. The van der Waals surface area contributed by atoms with Gasteiger partial charge in [-0.15, -0.1) is 5.10 Å². The summed E-state index contributed by atoms with van der Waals surface area (Å²) in [4.78, 5) is 7.30. The average Bonchev–Trinajstić information content (AvgIpc) is 3.14. The van der Waals surface area contributed by atoms with Gasteiger partial charge in [-0.3, -0.25) is 9.67 Å². The summed E-state index contributed by atoms with van der Waals surface area (Å²) in [6.07, 6.45) is 7.07. The maximum Gasteiger partial charge on any atom is 0.0726 e. The Morgan fingerprint density at radius 1 is 1.17 bits per heavy atom. The van der Waals surface area contributed by atoms with E-state index in [9.17, 15) is 0 Å². The van der Waals surface area contributed by atoms with E-state index in [2.05, 4.69) is 52.5 Å². The highest BCUT2D eigenvalue weighted by Gasteiger charge is 2.21. The molecule has 5 heteroatoms. The van der Waals surface area contributed by atoms with Crippen molar-refractivity contribution >= 4 is 16.6 Å². The summed E-state index contributed by atoms with van der Waals surface area (Å²) in [6, 6.07) is 10.8. The van der Waals surface area contributed by atoms with Crippen LogP contribution in [0.4, 0.5) is 5.69 Å². The number of piperidine rings is 1. The molecular weight excluding hydrogens is 298 g/mol. The quantitative estimate of drug-likeness (QED) is 0.740. The van der Waals surface area contributed by atoms with E-state index in [1.54, 1.807) is 6.20 Å². The lowest BCUT2D eigenvalue weighted by atomic mass is 9.96. The molecule has 1 fully saturated rings. The summed E-state index contributed by atoms with van der Waals surface area (Å²) in [6.45, 7) is 5.34. The molecule has 0 atom stereocenters. The van der Waals surface area contributed by atoms with Crippen LogP contribution in [0.1, 0.15) is 25.5 Å². The highest BCUT2D eigenvalue weighted by atomic mass is 15.4.